The normalized spacial score (nSPS) is 25.9. The van der Waals surface area contributed by atoms with Gasteiger partial charge in [0.15, 0.2) is 0 Å². The van der Waals surface area contributed by atoms with Gasteiger partial charge in [-0.25, -0.2) is 4.79 Å². The molecule has 0 bridgehead atoms. The number of hydrogen-bond donors (Lipinski definition) is 2. The summed E-state index contributed by atoms with van der Waals surface area (Å²) in [7, 11) is -3.67. The first-order valence-corrected chi connectivity index (χ1v) is 6.67. The number of aliphatic hydroxyl groups is 1. The molecule has 0 unspecified atom stereocenters. The molecule has 1 aliphatic rings. The zero-order chi connectivity index (χ0) is 13.1. The monoisotopic (exact) mass is 269 g/mol. The van der Waals surface area contributed by atoms with Crippen molar-refractivity contribution in [3.8, 4) is 0 Å². The molecule has 0 aliphatic carbocycles. The minimum absolute atomic E-state index is 0.0833. The predicted octanol–water partition coefficient (Wildman–Crippen LogP) is -1.30. The number of nitrogens with zero attached hydrogens (tertiary/aromatic N) is 1. The van der Waals surface area contributed by atoms with Crippen molar-refractivity contribution in [3.05, 3.63) is 0 Å². The highest BCUT2D eigenvalue weighted by atomic mass is 32.2. The van der Waals surface area contributed by atoms with Crippen molar-refractivity contribution in [1.29, 1.82) is 0 Å². The Morgan fingerprint density at radius 1 is 1.59 bits per heavy atom. The first kappa shape index (κ1) is 14.2. The van der Waals surface area contributed by atoms with Crippen LogP contribution in [-0.2, 0) is 19.0 Å². The van der Waals surface area contributed by atoms with E-state index in [9.17, 15) is 18.3 Å². The van der Waals surface area contributed by atoms with E-state index < -0.39 is 35.0 Å². The molecule has 9 heteroatoms. The molecule has 0 spiro atoms. The van der Waals surface area contributed by atoms with Crippen LogP contribution in [0.15, 0.2) is 0 Å². The molecule has 1 rings (SSSR count). The van der Waals surface area contributed by atoms with Gasteiger partial charge in [-0.15, -0.1) is 0 Å². The van der Waals surface area contributed by atoms with Crippen LogP contribution in [-0.4, -0.2) is 74.4 Å². The number of aliphatic hydroxyl groups excluding tert-OH is 1. The summed E-state index contributed by atoms with van der Waals surface area (Å²) in [5, 5.41) is 18.0. The molecular weight excluding hydrogens is 254 g/mol. The van der Waals surface area contributed by atoms with Crippen LogP contribution in [0.3, 0.4) is 0 Å². The molecule has 17 heavy (non-hydrogen) atoms. The maximum atomic E-state index is 10.9. The molecular formula is C8H15NO7S. The minimum atomic E-state index is -3.67. The van der Waals surface area contributed by atoms with E-state index in [0.717, 1.165) is 11.2 Å². The quantitative estimate of drug-likeness (QED) is 0.610. The lowest BCUT2D eigenvalue weighted by Gasteiger charge is -2.39. The van der Waals surface area contributed by atoms with Gasteiger partial charge in [-0.05, 0) is 0 Å². The molecule has 0 aromatic carbocycles. The van der Waals surface area contributed by atoms with E-state index >= 15 is 0 Å². The van der Waals surface area contributed by atoms with Crippen LogP contribution in [0.5, 0.6) is 0 Å². The summed E-state index contributed by atoms with van der Waals surface area (Å²) < 4.78 is 31.5. The highest BCUT2D eigenvalue weighted by molar-refractivity contribution is 7.85. The van der Waals surface area contributed by atoms with E-state index in [1.807, 2.05) is 0 Å². The fourth-order valence-corrected chi connectivity index (χ4v) is 1.88. The molecule has 100 valence electrons. The van der Waals surface area contributed by atoms with Crippen LogP contribution < -0.4 is 0 Å². The average molecular weight is 269 g/mol. The molecule has 0 saturated carbocycles. The second-order valence-electron chi connectivity index (χ2n) is 3.86. The van der Waals surface area contributed by atoms with Gasteiger partial charge in [0.2, 0.25) is 0 Å². The van der Waals surface area contributed by atoms with Crippen LogP contribution in [0.4, 0.5) is 4.79 Å². The van der Waals surface area contributed by atoms with Crippen LogP contribution in [0.1, 0.15) is 0 Å². The van der Waals surface area contributed by atoms with Crippen molar-refractivity contribution in [3.63, 3.8) is 0 Å². The van der Waals surface area contributed by atoms with Crippen LogP contribution in [0, 0.1) is 0 Å². The number of rotatable bonds is 4. The van der Waals surface area contributed by atoms with E-state index in [-0.39, 0.29) is 19.7 Å². The van der Waals surface area contributed by atoms with Gasteiger partial charge in [0.25, 0.3) is 10.1 Å². The first-order chi connectivity index (χ1) is 7.78. The summed E-state index contributed by atoms with van der Waals surface area (Å²) >= 11 is 0. The van der Waals surface area contributed by atoms with Crippen molar-refractivity contribution in [2.24, 2.45) is 0 Å². The van der Waals surface area contributed by atoms with Gasteiger partial charge in [0.05, 0.1) is 32.6 Å². The van der Waals surface area contributed by atoms with Crippen molar-refractivity contribution in [2.45, 2.75) is 5.60 Å². The minimum Gasteiger partial charge on any atom is -0.465 e. The average Bonchev–Trinajstić information content (AvgIpc) is 2.26. The standard InChI is InChI=1S/C8H15NO7S/c1-17(13,14)16-6-8(5-10)4-9(7(11)12)2-3-15-8/h10H,2-6H2,1H3,(H,11,12)/t8-/m0/s1. The van der Waals surface area contributed by atoms with Gasteiger partial charge in [-0.3, -0.25) is 4.18 Å². The number of carboxylic acid groups (broad SMARTS) is 1. The van der Waals surface area contributed by atoms with Gasteiger partial charge >= 0.3 is 6.09 Å². The molecule has 0 aromatic heterocycles. The van der Waals surface area contributed by atoms with Gasteiger partial charge in [-0.2, -0.15) is 8.42 Å². The molecule has 0 aromatic rings. The Morgan fingerprint density at radius 3 is 2.71 bits per heavy atom. The van der Waals surface area contributed by atoms with E-state index in [2.05, 4.69) is 4.18 Å². The Morgan fingerprint density at radius 2 is 2.24 bits per heavy atom. The maximum Gasteiger partial charge on any atom is 0.407 e. The highest BCUT2D eigenvalue weighted by Gasteiger charge is 2.39. The van der Waals surface area contributed by atoms with Gasteiger partial charge < -0.3 is 19.8 Å². The second kappa shape index (κ2) is 5.17. The molecule has 2 N–H and O–H groups in total. The van der Waals surface area contributed by atoms with Gasteiger partial charge in [0, 0.05) is 6.54 Å². The summed E-state index contributed by atoms with van der Waals surface area (Å²) in [5.74, 6) is 0. The summed E-state index contributed by atoms with van der Waals surface area (Å²) in [4.78, 5) is 11.8. The van der Waals surface area contributed by atoms with Crippen molar-refractivity contribution >= 4 is 16.2 Å². The molecule has 1 aliphatic heterocycles. The zero-order valence-electron chi connectivity index (χ0n) is 9.33. The summed E-state index contributed by atoms with van der Waals surface area (Å²) in [6.45, 7) is -0.803. The van der Waals surface area contributed by atoms with E-state index in [0.29, 0.717) is 0 Å². The smallest absolute Gasteiger partial charge is 0.407 e. The Hall–Kier alpha value is -0.900. The lowest BCUT2D eigenvalue weighted by molar-refractivity contribution is -0.142. The second-order valence-corrected chi connectivity index (χ2v) is 5.50. The summed E-state index contributed by atoms with van der Waals surface area (Å²) in [5.41, 5.74) is -1.32. The third-order valence-electron chi connectivity index (χ3n) is 2.34. The van der Waals surface area contributed by atoms with Gasteiger partial charge in [-0.1, -0.05) is 0 Å². The van der Waals surface area contributed by atoms with E-state index in [4.69, 9.17) is 9.84 Å². The molecule has 1 atom stereocenters. The van der Waals surface area contributed by atoms with Crippen molar-refractivity contribution in [2.75, 3.05) is 39.2 Å². The molecule has 1 fully saturated rings. The number of carbonyl (C=O) groups is 1. The topological polar surface area (TPSA) is 113 Å². The Labute approximate surface area is 98.9 Å². The fourth-order valence-electron chi connectivity index (χ4n) is 1.45. The first-order valence-electron chi connectivity index (χ1n) is 4.85. The van der Waals surface area contributed by atoms with E-state index in [1.54, 1.807) is 0 Å². The summed E-state index contributed by atoms with van der Waals surface area (Å²) in [6, 6.07) is 0. The Kier molecular flexibility index (Phi) is 4.31. The molecule has 1 heterocycles. The fraction of sp³-hybridized carbons (Fsp3) is 0.875. The lowest BCUT2D eigenvalue weighted by atomic mass is 10.0. The Balaban J connectivity index is 2.70. The lowest BCUT2D eigenvalue weighted by Crippen LogP contribution is -2.58. The molecule has 1 saturated heterocycles. The third-order valence-corrected chi connectivity index (χ3v) is 2.89. The number of morpholine rings is 1. The van der Waals surface area contributed by atoms with Crippen molar-refractivity contribution < 1.29 is 32.3 Å². The number of hydrogen-bond acceptors (Lipinski definition) is 6. The maximum absolute atomic E-state index is 10.9. The third kappa shape index (κ3) is 4.11. The van der Waals surface area contributed by atoms with Crippen LogP contribution >= 0.6 is 0 Å². The summed E-state index contributed by atoms with van der Waals surface area (Å²) in [6.07, 6.45) is -0.277. The largest absolute Gasteiger partial charge is 0.465 e. The van der Waals surface area contributed by atoms with Crippen LogP contribution in [0.25, 0.3) is 0 Å². The van der Waals surface area contributed by atoms with Crippen LogP contribution in [0.2, 0.25) is 0 Å². The number of amides is 1. The molecule has 8 nitrogen and oxygen atoms in total. The predicted molar refractivity (Wildman–Crippen MR) is 56.2 cm³/mol. The Bertz CT molecular complexity index is 381. The molecule has 1 amide bonds. The van der Waals surface area contributed by atoms with Gasteiger partial charge in [0.1, 0.15) is 5.60 Å². The molecule has 0 radical (unpaired) electrons. The SMILES string of the molecule is CS(=O)(=O)OC[C@@]1(CO)CN(C(=O)O)CCO1. The number of ether oxygens (including phenoxy) is 1. The zero-order valence-corrected chi connectivity index (χ0v) is 10.1. The van der Waals surface area contributed by atoms with Crippen molar-refractivity contribution in [1.82, 2.24) is 4.90 Å². The highest BCUT2D eigenvalue weighted by Crippen LogP contribution is 2.19. The van der Waals surface area contributed by atoms with E-state index in [1.165, 1.54) is 0 Å².